The monoisotopic (exact) mass is 517 g/mol. The van der Waals surface area contributed by atoms with Gasteiger partial charge in [-0.15, -0.1) is 24.0 Å². The van der Waals surface area contributed by atoms with Gasteiger partial charge in [-0.1, -0.05) is 105 Å². The standard InChI is InChI=1S/C8H7NS.2C7H8.C3H6O.C2H6.CH4.O3S/c1-6-9-7-4-2-3-5-8(7)10-6;2*1-7-5-3-2-4-6-7;1-3(2)4;1-2;;1-4(2)3/h2-5H,1H3;2*2-6H,1H3;1-2H3;1-2H3;1H4;. The van der Waals surface area contributed by atoms with Crippen molar-refractivity contribution in [2.24, 2.45) is 0 Å². The minimum absolute atomic E-state index is 0. The van der Waals surface area contributed by atoms with E-state index in [1.807, 2.05) is 75.4 Å². The lowest BCUT2D eigenvalue weighted by molar-refractivity contribution is -0.115. The molecule has 0 amide bonds. The van der Waals surface area contributed by atoms with Crippen molar-refractivity contribution in [3.63, 3.8) is 0 Å². The number of aryl methyl sites for hydroxylation is 3. The van der Waals surface area contributed by atoms with E-state index >= 15 is 0 Å². The van der Waals surface area contributed by atoms with Crippen LogP contribution in [0.4, 0.5) is 0 Å². The summed E-state index contributed by atoms with van der Waals surface area (Å²) >= 11 is 1.74. The molecule has 0 aliphatic heterocycles. The fourth-order valence-corrected chi connectivity index (χ4v) is 2.88. The highest BCUT2D eigenvalue weighted by atomic mass is 32.2. The molecule has 0 saturated carbocycles. The molecule has 0 atom stereocenters. The van der Waals surface area contributed by atoms with Crippen molar-refractivity contribution < 1.29 is 17.4 Å². The minimum Gasteiger partial charge on any atom is -0.300 e. The Morgan fingerprint density at radius 2 is 1.00 bits per heavy atom. The van der Waals surface area contributed by atoms with Crippen molar-refractivity contribution in [2.75, 3.05) is 0 Å². The van der Waals surface area contributed by atoms with Crippen LogP contribution in [0, 0.1) is 20.8 Å². The zero-order valence-electron chi connectivity index (χ0n) is 21.0. The van der Waals surface area contributed by atoms with Crippen LogP contribution in [0.2, 0.25) is 0 Å². The second-order valence-corrected chi connectivity index (χ2v) is 8.27. The molecule has 1 heterocycles. The Labute approximate surface area is 217 Å². The Hall–Kier alpha value is -3.16. The summed E-state index contributed by atoms with van der Waals surface area (Å²) in [5, 5.41) is 1.14. The van der Waals surface area contributed by atoms with Crippen molar-refractivity contribution in [3.05, 3.63) is 101 Å². The molecule has 0 N–H and O–H groups in total. The number of nitrogens with zero attached hydrogens (tertiary/aromatic N) is 1. The van der Waals surface area contributed by atoms with Crippen LogP contribution in [0.3, 0.4) is 0 Å². The number of thiazole rings is 1. The number of fused-ring (bicyclic) bond motifs is 1. The summed E-state index contributed by atoms with van der Waals surface area (Å²) in [7, 11) is -3.11. The number of aromatic nitrogens is 1. The lowest BCUT2D eigenvalue weighted by atomic mass is 10.2. The Kier molecular flexibility index (Phi) is 24.9. The molecular formula is C28H39NO4S2. The largest absolute Gasteiger partial charge is 0.425 e. The fourth-order valence-electron chi connectivity index (χ4n) is 2.06. The maximum absolute atomic E-state index is 9.44. The molecule has 7 heteroatoms. The van der Waals surface area contributed by atoms with Gasteiger partial charge in [-0.05, 0) is 46.8 Å². The smallest absolute Gasteiger partial charge is 0.300 e. The van der Waals surface area contributed by atoms with E-state index in [1.54, 1.807) is 11.3 Å². The summed E-state index contributed by atoms with van der Waals surface area (Å²) in [5.41, 5.74) is 3.76. The predicted molar refractivity (Wildman–Crippen MR) is 151 cm³/mol. The lowest BCUT2D eigenvalue weighted by Crippen LogP contribution is -1.69. The summed E-state index contributed by atoms with van der Waals surface area (Å²) < 4.78 is 26.6. The number of rotatable bonds is 0. The zero-order chi connectivity index (χ0) is 26.4. The second kappa shape index (κ2) is 24.0. The lowest BCUT2D eigenvalue weighted by Gasteiger charge is -1.82. The van der Waals surface area contributed by atoms with E-state index in [1.165, 1.54) is 29.7 Å². The highest BCUT2D eigenvalue weighted by Gasteiger charge is 1.95. The molecule has 0 bridgehead atoms. The van der Waals surface area contributed by atoms with Gasteiger partial charge in [0.1, 0.15) is 5.78 Å². The van der Waals surface area contributed by atoms with Crippen LogP contribution in [0.5, 0.6) is 0 Å². The summed E-state index contributed by atoms with van der Waals surface area (Å²) in [6.07, 6.45) is 0. The molecule has 0 unspecified atom stereocenters. The Balaban J connectivity index is -0.000000372. The molecule has 192 valence electrons. The first-order valence-corrected chi connectivity index (χ1v) is 12.5. The molecule has 5 nitrogen and oxygen atoms in total. The number of para-hydroxylation sites is 1. The third-order valence-corrected chi connectivity index (χ3v) is 4.23. The number of carbonyl (C=O) groups is 1. The molecule has 0 saturated heterocycles. The first-order chi connectivity index (χ1) is 16.1. The van der Waals surface area contributed by atoms with E-state index in [0.29, 0.717) is 0 Å². The highest BCUT2D eigenvalue weighted by molar-refractivity contribution is 7.59. The van der Waals surface area contributed by atoms with Gasteiger partial charge >= 0.3 is 10.6 Å². The Morgan fingerprint density at radius 3 is 1.29 bits per heavy atom. The SMILES string of the molecule is C.CC.CC(C)=O.Cc1ccccc1.Cc1ccccc1.Cc1nc2ccccc2s1.O=S(=O)=O. The van der Waals surface area contributed by atoms with Crippen LogP contribution in [0.25, 0.3) is 10.2 Å². The first-order valence-electron chi connectivity index (χ1n) is 10.7. The number of Topliss-reactive ketones (excluding diaryl/α,β-unsaturated/α-hetero) is 1. The molecule has 0 radical (unpaired) electrons. The molecule has 4 aromatic rings. The molecule has 3 aromatic carbocycles. The van der Waals surface area contributed by atoms with E-state index in [2.05, 4.69) is 49.2 Å². The Bertz CT molecular complexity index is 1060. The molecular weight excluding hydrogens is 478 g/mol. The molecule has 0 fully saturated rings. The van der Waals surface area contributed by atoms with Gasteiger partial charge in [-0.3, -0.25) is 0 Å². The van der Waals surface area contributed by atoms with Gasteiger partial charge in [0.25, 0.3) is 0 Å². The van der Waals surface area contributed by atoms with Crippen LogP contribution in [0.15, 0.2) is 84.9 Å². The highest BCUT2D eigenvalue weighted by Crippen LogP contribution is 2.19. The summed E-state index contributed by atoms with van der Waals surface area (Å²) in [6, 6.07) is 28.7. The van der Waals surface area contributed by atoms with Crippen molar-refractivity contribution in [2.45, 2.75) is 55.9 Å². The predicted octanol–water partition coefficient (Wildman–Crippen LogP) is 7.85. The molecule has 0 aliphatic rings. The zero-order valence-corrected chi connectivity index (χ0v) is 22.6. The normalized spacial score (nSPS) is 8.09. The van der Waals surface area contributed by atoms with Gasteiger partial charge < -0.3 is 4.79 Å². The van der Waals surface area contributed by atoms with Gasteiger partial charge in [-0.25, -0.2) is 4.98 Å². The third-order valence-electron chi connectivity index (χ3n) is 3.28. The molecule has 4 rings (SSSR count). The van der Waals surface area contributed by atoms with Crippen molar-refractivity contribution in [3.8, 4) is 0 Å². The minimum atomic E-state index is -3.11. The fraction of sp³-hybridized carbons (Fsp3) is 0.286. The summed E-state index contributed by atoms with van der Waals surface area (Å²) in [5.74, 6) is 0.167. The maximum Gasteiger partial charge on any atom is 0.425 e. The van der Waals surface area contributed by atoms with Crippen LogP contribution in [-0.4, -0.2) is 23.4 Å². The van der Waals surface area contributed by atoms with E-state index in [-0.39, 0.29) is 13.2 Å². The maximum atomic E-state index is 9.44. The number of hydrogen-bond donors (Lipinski definition) is 0. The molecule has 0 aliphatic carbocycles. The second-order valence-electron chi connectivity index (χ2n) is 6.62. The molecule has 1 aromatic heterocycles. The number of benzene rings is 3. The van der Waals surface area contributed by atoms with Crippen LogP contribution >= 0.6 is 11.3 Å². The van der Waals surface area contributed by atoms with Crippen LogP contribution < -0.4 is 0 Å². The number of carbonyl (C=O) groups excluding carboxylic acids is 1. The van der Waals surface area contributed by atoms with Gasteiger partial charge in [0, 0.05) is 0 Å². The van der Waals surface area contributed by atoms with Crippen molar-refractivity contribution in [1.29, 1.82) is 0 Å². The number of ketones is 1. The van der Waals surface area contributed by atoms with Gasteiger partial charge in [-0.2, -0.15) is 0 Å². The van der Waals surface area contributed by atoms with Crippen LogP contribution in [-0.2, 0) is 15.4 Å². The van der Waals surface area contributed by atoms with Crippen molar-refractivity contribution in [1.82, 2.24) is 4.98 Å². The van der Waals surface area contributed by atoms with E-state index in [9.17, 15) is 4.79 Å². The summed E-state index contributed by atoms with van der Waals surface area (Å²) in [6.45, 7) is 13.3. The number of hydrogen-bond acceptors (Lipinski definition) is 6. The van der Waals surface area contributed by atoms with Gasteiger partial charge in [0.15, 0.2) is 0 Å². The quantitative estimate of drug-likeness (QED) is 0.237. The van der Waals surface area contributed by atoms with E-state index in [0.717, 1.165) is 10.5 Å². The average Bonchev–Trinajstić information content (AvgIpc) is 3.16. The van der Waals surface area contributed by atoms with E-state index < -0.39 is 10.6 Å². The summed E-state index contributed by atoms with van der Waals surface area (Å²) in [4.78, 5) is 13.8. The van der Waals surface area contributed by atoms with Gasteiger partial charge in [0.05, 0.1) is 15.2 Å². The van der Waals surface area contributed by atoms with Crippen LogP contribution in [0.1, 0.15) is 51.3 Å². The molecule has 0 spiro atoms. The van der Waals surface area contributed by atoms with Gasteiger partial charge in [0.2, 0.25) is 0 Å². The third kappa shape index (κ3) is 25.3. The molecule has 35 heavy (non-hydrogen) atoms. The van der Waals surface area contributed by atoms with E-state index in [4.69, 9.17) is 12.6 Å². The first kappa shape index (κ1) is 36.4. The average molecular weight is 518 g/mol. The van der Waals surface area contributed by atoms with Crippen molar-refractivity contribution >= 4 is 37.9 Å². The Morgan fingerprint density at radius 1 is 0.686 bits per heavy atom. The topological polar surface area (TPSA) is 81.2 Å².